The van der Waals surface area contributed by atoms with E-state index in [1.165, 1.54) is 32.1 Å². The minimum atomic E-state index is -0.678. The molecular formula is C29H44N4O3. The van der Waals surface area contributed by atoms with Crippen LogP contribution in [0.1, 0.15) is 84.0 Å². The molecule has 0 bridgehead atoms. The van der Waals surface area contributed by atoms with Gasteiger partial charge in [-0.1, -0.05) is 63.6 Å². The van der Waals surface area contributed by atoms with E-state index in [1.807, 2.05) is 40.1 Å². The van der Waals surface area contributed by atoms with Crippen molar-refractivity contribution in [3.05, 3.63) is 30.3 Å². The highest BCUT2D eigenvalue weighted by atomic mass is 16.2. The van der Waals surface area contributed by atoms with Gasteiger partial charge in [0, 0.05) is 38.3 Å². The van der Waals surface area contributed by atoms with Crippen molar-refractivity contribution in [1.82, 2.24) is 14.7 Å². The molecule has 0 aromatic heterocycles. The Morgan fingerprint density at radius 1 is 0.806 bits per heavy atom. The third kappa shape index (κ3) is 6.04. The van der Waals surface area contributed by atoms with Crippen LogP contribution in [-0.4, -0.2) is 77.4 Å². The second-order valence-electron chi connectivity index (χ2n) is 10.8. The third-order valence-electron chi connectivity index (χ3n) is 8.30. The van der Waals surface area contributed by atoms with Gasteiger partial charge in [0.15, 0.2) is 0 Å². The zero-order chi connectivity index (χ0) is 25.4. The summed E-state index contributed by atoms with van der Waals surface area (Å²) in [6.45, 7) is 5.58. The van der Waals surface area contributed by atoms with Crippen LogP contribution in [0.2, 0.25) is 0 Å². The van der Waals surface area contributed by atoms with Crippen LogP contribution in [0, 0.1) is 0 Å². The van der Waals surface area contributed by atoms with Crippen LogP contribution in [0.25, 0.3) is 0 Å². The number of benzene rings is 1. The number of anilines is 1. The molecule has 198 valence electrons. The highest BCUT2D eigenvalue weighted by Gasteiger charge is 2.54. The number of para-hydroxylation sites is 1. The Bertz CT molecular complexity index is 876. The van der Waals surface area contributed by atoms with Crippen molar-refractivity contribution >= 4 is 23.4 Å². The van der Waals surface area contributed by atoms with E-state index in [0.29, 0.717) is 39.0 Å². The molecule has 36 heavy (non-hydrogen) atoms. The average molecular weight is 497 g/mol. The molecule has 0 aliphatic carbocycles. The minimum absolute atomic E-state index is 0.0399. The Hall–Kier alpha value is -2.57. The van der Waals surface area contributed by atoms with E-state index in [9.17, 15) is 14.4 Å². The fourth-order valence-corrected chi connectivity index (χ4v) is 6.07. The van der Waals surface area contributed by atoms with Crippen LogP contribution in [-0.2, 0) is 14.4 Å². The lowest BCUT2D eigenvalue weighted by molar-refractivity contribution is -0.141. The summed E-state index contributed by atoms with van der Waals surface area (Å²) in [5.74, 6) is 0.308. The maximum absolute atomic E-state index is 13.8. The van der Waals surface area contributed by atoms with E-state index in [2.05, 4.69) is 11.8 Å². The number of hydrogen-bond acceptors (Lipinski definition) is 4. The smallest absolute Gasteiger partial charge is 0.250 e. The largest absolute Gasteiger partial charge is 0.342 e. The lowest BCUT2D eigenvalue weighted by Gasteiger charge is -2.43. The zero-order valence-electron chi connectivity index (χ0n) is 22.1. The molecule has 1 aromatic carbocycles. The molecule has 3 fully saturated rings. The van der Waals surface area contributed by atoms with Crippen molar-refractivity contribution in [3.8, 4) is 0 Å². The van der Waals surface area contributed by atoms with Crippen molar-refractivity contribution in [3.63, 3.8) is 0 Å². The van der Waals surface area contributed by atoms with Crippen LogP contribution >= 0.6 is 0 Å². The number of piperidine rings is 1. The van der Waals surface area contributed by atoms with Crippen LogP contribution in [0.15, 0.2) is 30.3 Å². The van der Waals surface area contributed by atoms with E-state index >= 15 is 0 Å². The molecule has 0 saturated carbocycles. The van der Waals surface area contributed by atoms with Crippen molar-refractivity contribution in [1.29, 1.82) is 0 Å². The molecule has 7 heteroatoms. The predicted octanol–water partition coefficient (Wildman–Crippen LogP) is 4.42. The van der Waals surface area contributed by atoms with Gasteiger partial charge in [0.1, 0.15) is 12.1 Å². The van der Waals surface area contributed by atoms with Gasteiger partial charge >= 0.3 is 0 Å². The van der Waals surface area contributed by atoms with Crippen LogP contribution in [0.3, 0.4) is 0 Å². The molecule has 1 spiro atoms. The first-order valence-corrected chi connectivity index (χ1v) is 14.2. The van der Waals surface area contributed by atoms with E-state index in [0.717, 1.165) is 44.5 Å². The molecule has 3 saturated heterocycles. The van der Waals surface area contributed by atoms with E-state index in [-0.39, 0.29) is 24.3 Å². The highest BCUT2D eigenvalue weighted by Crippen LogP contribution is 2.39. The second kappa shape index (κ2) is 12.6. The van der Waals surface area contributed by atoms with Gasteiger partial charge in [0.25, 0.3) is 5.91 Å². The van der Waals surface area contributed by atoms with Gasteiger partial charge < -0.3 is 19.6 Å². The molecule has 4 rings (SSSR count). The van der Waals surface area contributed by atoms with Gasteiger partial charge in [-0.3, -0.25) is 14.4 Å². The van der Waals surface area contributed by atoms with Gasteiger partial charge in [0.2, 0.25) is 11.8 Å². The number of nitrogens with zero attached hydrogens (tertiary/aromatic N) is 4. The highest BCUT2D eigenvalue weighted by molar-refractivity contribution is 5.96. The van der Waals surface area contributed by atoms with Gasteiger partial charge in [0.05, 0.1) is 6.67 Å². The second-order valence-corrected chi connectivity index (χ2v) is 10.8. The molecule has 1 aromatic rings. The number of amides is 3. The SMILES string of the molecule is CCCCCCCCCC(=O)N1CCC2(CC1)C(=O)N(CC(=O)N1CCCC1)CN2c1ccccc1. The fraction of sp³-hybridized carbons (Fsp3) is 0.690. The molecule has 0 unspecified atom stereocenters. The van der Waals surface area contributed by atoms with Crippen molar-refractivity contribution < 1.29 is 14.4 Å². The summed E-state index contributed by atoms with van der Waals surface area (Å²) >= 11 is 0. The first-order chi connectivity index (χ1) is 17.5. The average Bonchev–Trinajstić information content (AvgIpc) is 3.53. The molecule has 0 radical (unpaired) electrons. The normalized spacial score (nSPS) is 19.5. The maximum Gasteiger partial charge on any atom is 0.250 e. The number of likely N-dealkylation sites (tertiary alicyclic amines) is 2. The molecule has 3 amide bonds. The van der Waals surface area contributed by atoms with E-state index < -0.39 is 5.54 Å². The van der Waals surface area contributed by atoms with Gasteiger partial charge in [-0.15, -0.1) is 0 Å². The Labute approximate surface area is 216 Å². The molecule has 0 atom stereocenters. The summed E-state index contributed by atoms with van der Waals surface area (Å²) in [4.78, 5) is 47.3. The number of carbonyl (C=O) groups excluding carboxylic acids is 3. The summed E-state index contributed by atoms with van der Waals surface area (Å²) in [6.07, 6.45) is 12.3. The van der Waals surface area contributed by atoms with Crippen molar-refractivity contribution in [2.75, 3.05) is 44.3 Å². The lowest BCUT2D eigenvalue weighted by atomic mass is 9.85. The first-order valence-electron chi connectivity index (χ1n) is 14.2. The van der Waals surface area contributed by atoms with Crippen molar-refractivity contribution in [2.45, 2.75) is 89.5 Å². The van der Waals surface area contributed by atoms with E-state index in [4.69, 9.17) is 0 Å². The van der Waals surface area contributed by atoms with Crippen LogP contribution < -0.4 is 4.90 Å². The molecule has 0 N–H and O–H groups in total. The Morgan fingerprint density at radius 2 is 1.42 bits per heavy atom. The molecule has 3 aliphatic rings. The van der Waals surface area contributed by atoms with Gasteiger partial charge in [-0.05, 0) is 44.2 Å². The first kappa shape index (κ1) is 26.5. The number of carbonyl (C=O) groups is 3. The quantitative estimate of drug-likeness (QED) is 0.426. The van der Waals surface area contributed by atoms with Crippen LogP contribution in [0.5, 0.6) is 0 Å². The van der Waals surface area contributed by atoms with Crippen LogP contribution in [0.4, 0.5) is 5.69 Å². The molecule has 7 nitrogen and oxygen atoms in total. The van der Waals surface area contributed by atoms with Crippen molar-refractivity contribution in [2.24, 2.45) is 0 Å². The predicted molar refractivity (Wildman–Crippen MR) is 142 cm³/mol. The monoisotopic (exact) mass is 496 g/mol. The summed E-state index contributed by atoms with van der Waals surface area (Å²) < 4.78 is 0. The summed E-state index contributed by atoms with van der Waals surface area (Å²) in [6, 6.07) is 10.0. The topological polar surface area (TPSA) is 64.2 Å². The minimum Gasteiger partial charge on any atom is -0.342 e. The fourth-order valence-electron chi connectivity index (χ4n) is 6.07. The van der Waals surface area contributed by atoms with Gasteiger partial charge in [-0.2, -0.15) is 0 Å². The van der Waals surface area contributed by atoms with E-state index in [1.54, 1.807) is 4.90 Å². The molecule has 3 aliphatic heterocycles. The summed E-state index contributed by atoms with van der Waals surface area (Å²) in [5.41, 5.74) is 0.327. The lowest BCUT2D eigenvalue weighted by Crippen LogP contribution is -2.57. The standard InChI is InChI=1S/C29H44N4O3/c1-2-3-4-5-6-7-11-16-26(34)31-21-17-29(18-22-31)28(36)32(23-27(35)30-19-12-13-20-30)24-33(29)25-14-9-8-10-15-25/h8-10,14-15H,2-7,11-13,16-24H2,1H3. The maximum atomic E-state index is 13.8. The van der Waals surface area contributed by atoms with Gasteiger partial charge in [-0.25, -0.2) is 0 Å². The number of rotatable bonds is 11. The summed E-state index contributed by atoms with van der Waals surface area (Å²) in [5, 5.41) is 0. The Morgan fingerprint density at radius 3 is 2.08 bits per heavy atom. The Balaban J connectivity index is 1.35. The summed E-state index contributed by atoms with van der Waals surface area (Å²) in [7, 11) is 0. The zero-order valence-corrected chi connectivity index (χ0v) is 22.1. The Kier molecular flexibility index (Phi) is 9.27. The number of hydrogen-bond donors (Lipinski definition) is 0. The molecule has 3 heterocycles. The third-order valence-corrected chi connectivity index (χ3v) is 8.30. The molecular weight excluding hydrogens is 452 g/mol. The number of unbranched alkanes of at least 4 members (excludes halogenated alkanes) is 6.